The monoisotopic (exact) mass is 508 g/mol. The van der Waals surface area contributed by atoms with Gasteiger partial charge in [0.15, 0.2) is 0 Å². The Labute approximate surface area is 213 Å². The SMILES string of the molecule is C=O.CC1CCCCC1O.CN(CC(=O)N1CCOCC1)c1cc(C#CC(C)(C)C)sc1C(=O)O. The fourth-order valence-electron chi connectivity index (χ4n) is 3.63. The number of anilines is 1. The largest absolute Gasteiger partial charge is 0.477 e. The lowest BCUT2D eigenvalue weighted by atomic mass is 9.88. The predicted molar refractivity (Wildman–Crippen MR) is 139 cm³/mol. The standard InChI is InChI=1S/C18H24N2O4S.C7H14O.CH2O/c1-18(2,3)6-5-13-11-14(16(25-13)17(22)23)19(4)12-15(21)20-7-9-24-10-8-20;1-6-4-2-3-5-7(6)8;1-2/h11H,7-10,12H2,1-4H3,(H,22,23);6-8H,2-5H2,1H3;1H2. The summed E-state index contributed by atoms with van der Waals surface area (Å²) in [5, 5.41) is 18.6. The maximum atomic E-state index is 12.4. The van der Waals surface area contributed by atoms with E-state index in [0.29, 0.717) is 42.8 Å². The van der Waals surface area contributed by atoms with Crippen LogP contribution in [0.3, 0.4) is 0 Å². The minimum atomic E-state index is -1.01. The number of nitrogens with zero attached hydrogens (tertiary/aromatic N) is 2. The molecule has 2 aliphatic rings. The number of aliphatic hydroxyl groups excluding tert-OH is 1. The molecule has 2 heterocycles. The van der Waals surface area contributed by atoms with Gasteiger partial charge in [0, 0.05) is 25.6 Å². The number of carbonyl (C=O) groups excluding carboxylic acids is 2. The molecule has 0 bridgehead atoms. The van der Waals surface area contributed by atoms with Crippen LogP contribution in [-0.4, -0.2) is 79.8 Å². The van der Waals surface area contributed by atoms with Crippen LogP contribution in [0, 0.1) is 23.2 Å². The van der Waals surface area contributed by atoms with E-state index in [1.54, 1.807) is 22.9 Å². The number of carbonyl (C=O) groups is 3. The molecule has 9 heteroatoms. The number of aromatic carboxylic acids is 1. The van der Waals surface area contributed by atoms with Gasteiger partial charge in [-0.25, -0.2) is 4.79 Å². The van der Waals surface area contributed by atoms with Crippen molar-refractivity contribution in [2.75, 3.05) is 44.8 Å². The Balaban J connectivity index is 0.000000512. The van der Waals surface area contributed by atoms with Crippen LogP contribution in [0.4, 0.5) is 5.69 Å². The molecule has 8 nitrogen and oxygen atoms in total. The van der Waals surface area contributed by atoms with E-state index in [9.17, 15) is 19.8 Å². The van der Waals surface area contributed by atoms with Crippen LogP contribution in [0.15, 0.2) is 6.07 Å². The molecule has 35 heavy (non-hydrogen) atoms. The average molecular weight is 509 g/mol. The lowest BCUT2D eigenvalue weighted by Crippen LogP contribution is -2.45. The summed E-state index contributed by atoms with van der Waals surface area (Å²) < 4.78 is 5.25. The number of likely N-dealkylation sites (N-methyl/N-ethyl adjacent to an activating group) is 1. The first kappa shape index (κ1) is 30.6. The van der Waals surface area contributed by atoms with Crippen LogP contribution < -0.4 is 4.90 Å². The summed E-state index contributed by atoms with van der Waals surface area (Å²) >= 11 is 1.14. The summed E-state index contributed by atoms with van der Waals surface area (Å²) in [6.07, 6.45) is 4.80. The summed E-state index contributed by atoms with van der Waals surface area (Å²) in [4.78, 5) is 36.3. The minimum Gasteiger partial charge on any atom is -0.477 e. The number of hydrogen-bond donors (Lipinski definition) is 2. The van der Waals surface area contributed by atoms with Crippen LogP contribution in [0.5, 0.6) is 0 Å². The van der Waals surface area contributed by atoms with Gasteiger partial charge in [0.25, 0.3) is 0 Å². The van der Waals surface area contributed by atoms with E-state index < -0.39 is 5.97 Å². The summed E-state index contributed by atoms with van der Waals surface area (Å²) in [6, 6.07) is 1.75. The zero-order chi connectivity index (χ0) is 26.6. The molecule has 2 fully saturated rings. The zero-order valence-electron chi connectivity index (χ0n) is 21.6. The summed E-state index contributed by atoms with van der Waals surface area (Å²) in [5.74, 6) is 5.67. The van der Waals surface area contributed by atoms with E-state index >= 15 is 0 Å². The quantitative estimate of drug-likeness (QED) is 0.599. The Bertz CT molecular complexity index is 867. The lowest BCUT2D eigenvalue weighted by molar-refractivity contribution is -0.133. The molecule has 1 amide bonds. The third kappa shape index (κ3) is 10.8. The molecule has 1 saturated heterocycles. The molecule has 2 N–H and O–H groups in total. The molecule has 196 valence electrons. The van der Waals surface area contributed by atoms with Crippen LogP contribution in [0.2, 0.25) is 0 Å². The van der Waals surface area contributed by atoms with Gasteiger partial charge in [0.05, 0.1) is 36.4 Å². The van der Waals surface area contributed by atoms with Crippen molar-refractivity contribution >= 4 is 35.7 Å². The molecule has 1 aromatic heterocycles. The molecule has 3 rings (SSSR count). The van der Waals surface area contributed by atoms with Crippen molar-refractivity contribution in [3.63, 3.8) is 0 Å². The van der Waals surface area contributed by atoms with Crippen LogP contribution in [0.25, 0.3) is 0 Å². The van der Waals surface area contributed by atoms with Gasteiger partial charge in [-0.1, -0.05) is 31.6 Å². The second-order valence-corrected chi connectivity index (χ2v) is 10.9. The minimum absolute atomic E-state index is 0.00347. The van der Waals surface area contributed by atoms with Gasteiger partial charge in [-0.2, -0.15) is 0 Å². The van der Waals surface area contributed by atoms with Crippen molar-refractivity contribution in [2.24, 2.45) is 11.3 Å². The Morgan fingerprint density at radius 1 is 1.23 bits per heavy atom. The highest BCUT2D eigenvalue weighted by molar-refractivity contribution is 7.15. The van der Waals surface area contributed by atoms with Gasteiger partial charge < -0.3 is 29.5 Å². The molecule has 2 unspecified atom stereocenters. The fraction of sp³-hybridized carbons (Fsp3) is 0.654. The number of rotatable bonds is 4. The maximum absolute atomic E-state index is 12.4. The Kier molecular flexibility index (Phi) is 13.0. The highest BCUT2D eigenvalue weighted by Crippen LogP contribution is 2.30. The average Bonchev–Trinajstić information content (AvgIpc) is 3.27. The maximum Gasteiger partial charge on any atom is 0.348 e. The van der Waals surface area contributed by atoms with Crippen molar-refractivity contribution in [1.29, 1.82) is 0 Å². The Morgan fingerprint density at radius 3 is 2.31 bits per heavy atom. The van der Waals surface area contributed by atoms with Crippen molar-refractivity contribution in [3.8, 4) is 11.8 Å². The number of aliphatic hydroxyl groups is 1. The van der Waals surface area contributed by atoms with Crippen molar-refractivity contribution in [3.05, 3.63) is 15.8 Å². The molecule has 0 radical (unpaired) electrons. The Morgan fingerprint density at radius 2 is 1.83 bits per heavy atom. The number of ether oxygens (including phenoxy) is 1. The second-order valence-electron chi connectivity index (χ2n) is 9.81. The van der Waals surface area contributed by atoms with E-state index in [-0.39, 0.29) is 28.8 Å². The predicted octanol–water partition coefficient (Wildman–Crippen LogP) is 3.51. The van der Waals surface area contributed by atoms with E-state index in [1.165, 1.54) is 19.3 Å². The summed E-state index contributed by atoms with van der Waals surface area (Å²) in [7, 11) is 1.73. The fourth-order valence-corrected chi connectivity index (χ4v) is 4.53. The number of amides is 1. The van der Waals surface area contributed by atoms with E-state index in [2.05, 4.69) is 18.8 Å². The van der Waals surface area contributed by atoms with Crippen molar-refractivity contribution < 1.29 is 29.3 Å². The normalized spacial score (nSPS) is 19.7. The molecule has 0 aromatic carbocycles. The molecule has 2 atom stereocenters. The first-order valence-corrected chi connectivity index (χ1v) is 12.7. The van der Waals surface area contributed by atoms with Gasteiger partial charge >= 0.3 is 5.97 Å². The van der Waals surface area contributed by atoms with Crippen molar-refractivity contribution in [1.82, 2.24) is 4.90 Å². The number of hydrogen-bond acceptors (Lipinski definition) is 7. The smallest absolute Gasteiger partial charge is 0.348 e. The molecule has 1 aromatic rings. The first-order valence-electron chi connectivity index (χ1n) is 11.9. The number of carboxylic acid groups (broad SMARTS) is 1. The topological polar surface area (TPSA) is 107 Å². The second kappa shape index (κ2) is 14.9. The third-order valence-corrected chi connectivity index (χ3v) is 6.71. The summed E-state index contributed by atoms with van der Waals surface area (Å²) in [6.45, 7) is 12.5. The molecule has 1 aliphatic heterocycles. The first-order chi connectivity index (χ1) is 16.5. The van der Waals surface area contributed by atoms with Crippen molar-refractivity contribution in [2.45, 2.75) is 59.5 Å². The highest BCUT2D eigenvalue weighted by Gasteiger charge is 2.23. The summed E-state index contributed by atoms with van der Waals surface area (Å²) in [5.41, 5.74) is 0.364. The van der Waals surface area contributed by atoms with Crippen LogP contribution in [0.1, 0.15) is 67.9 Å². The van der Waals surface area contributed by atoms with Gasteiger partial charge in [0.2, 0.25) is 5.91 Å². The Hall–Kier alpha value is -2.41. The lowest BCUT2D eigenvalue weighted by Gasteiger charge is -2.29. The zero-order valence-corrected chi connectivity index (χ0v) is 22.4. The molecule has 1 aliphatic carbocycles. The molecule has 1 saturated carbocycles. The number of thiophene rings is 1. The van der Waals surface area contributed by atoms with E-state index in [4.69, 9.17) is 9.53 Å². The third-order valence-electron chi connectivity index (χ3n) is 5.68. The van der Waals surface area contributed by atoms with Gasteiger partial charge in [-0.15, -0.1) is 11.3 Å². The van der Waals surface area contributed by atoms with E-state index in [1.807, 2.05) is 27.6 Å². The van der Waals surface area contributed by atoms with Gasteiger partial charge in [-0.05, 0) is 45.6 Å². The van der Waals surface area contributed by atoms with Crippen LogP contribution in [-0.2, 0) is 14.3 Å². The van der Waals surface area contributed by atoms with E-state index in [0.717, 1.165) is 17.8 Å². The number of carboxylic acids is 1. The highest BCUT2D eigenvalue weighted by atomic mass is 32.1. The molecule has 0 spiro atoms. The van der Waals surface area contributed by atoms with Crippen LogP contribution >= 0.6 is 11.3 Å². The molecular weight excluding hydrogens is 468 g/mol. The van der Waals surface area contributed by atoms with Gasteiger partial charge in [-0.3, -0.25) is 4.79 Å². The number of morpholine rings is 1. The van der Waals surface area contributed by atoms with Gasteiger partial charge in [0.1, 0.15) is 11.7 Å². The molecular formula is C26H40N2O6S.